The maximum Gasteiger partial charge on any atom is 0.326 e. The number of amides is 2. The molecule has 1 aromatic carbocycles. The van der Waals surface area contributed by atoms with Gasteiger partial charge in [0.25, 0.3) is 21.9 Å². The number of nitrogens with zero attached hydrogens (tertiary/aromatic N) is 1. The van der Waals surface area contributed by atoms with E-state index in [1.165, 1.54) is 0 Å². The lowest BCUT2D eigenvalue weighted by Crippen LogP contribution is -2.43. The third-order valence-electron chi connectivity index (χ3n) is 4.05. The van der Waals surface area contributed by atoms with Crippen molar-refractivity contribution in [1.82, 2.24) is 10.4 Å². The third kappa shape index (κ3) is 7.22. The number of hydroxylamine groups is 1. The van der Waals surface area contributed by atoms with Crippen molar-refractivity contribution in [3.63, 3.8) is 0 Å². The molecule has 1 aromatic rings. The lowest BCUT2D eigenvalue weighted by molar-refractivity contribution is -0.158. The highest BCUT2D eigenvalue weighted by atomic mass is 32.2. The first kappa shape index (κ1) is 23.5. The molecule has 2 atom stereocenters. The highest BCUT2D eigenvalue weighted by Gasteiger charge is 2.34. The molecule has 11 nitrogen and oxygen atoms in total. The maximum absolute atomic E-state index is 12.1. The first-order chi connectivity index (χ1) is 14.2. The first-order valence-electron chi connectivity index (χ1n) is 8.98. The van der Waals surface area contributed by atoms with Gasteiger partial charge in [0, 0.05) is 31.7 Å². The minimum Gasteiger partial charge on any atom is -0.472 e. The molecule has 1 aliphatic heterocycles. The van der Waals surface area contributed by atoms with Gasteiger partial charge < -0.3 is 14.7 Å². The Bertz CT molecular complexity index is 868. The average Bonchev–Trinajstić information content (AvgIpc) is 3.01. The molecule has 2 rings (SSSR count). The van der Waals surface area contributed by atoms with Gasteiger partial charge in [0.15, 0.2) is 6.23 Å². The molecule has 0 fully saturated rings. The van der Waals surface area contributed by atoms with Crippen LogP contribution in [0.5, 0.6) is 5.75 Å². The molecule has 0 bridgehead atoms. The third-order valence-corrected chi connectivity index (χ3v) is 5.21. The van der Waals surface area contributed by atoms with E-state index in [2.05, 4.69) is 5.48 Å². The van der Waals surface area contributed by atoms with Gasteiger partial charge in [0.05, 0.1) is 6.42 Å². The smallest absolute Gasteiger partial charge is 0.326 e. The molecule has 2 amide bonds. The van der Waals surface area contributed by atoms with Crippen LogP contribution in [0.2, 0.25) is 0 Å². The Labute approximate surface area is 173 Å². The van der Waals surface area contributed by atoms with Crippen molar-refractivity contribution in [2.45, 2.75) is 30.7 Å². The Morgan fingerprint density at radius 2 is 1.77 bits per heavy atom. The Kier molecular flexibility index (Phi) is 8.47. The molecule has 164 valence electrons. The van der Waals surface area contributed by atoms with E-state index < -0.39 is 52.3 Å². The van der Waals surface area contributed by atoms with Crippen LogP contribution in [0.25, 0.3) is 0 Å². The number of hydrogen-bond donors (Lipinski definition) is 3. The average molecular weight is 442 g/mol. The number of carbonyl (C=O) groups is 3. The number of rotatable bonds is 12. The van der Waals surface area contributed by atoms with E-state index >= 15 is 0 Å². The summed E-state index contributed by atoms with van der Waals surface area (Å²) in [6, 6.07) is 8.58. The van der Waals surface area contributed by atoms with Crippen LogP contribution in [-0.2, 0) is 29.3 Å². The molecule has 1 aliphatic rings. The van der Waals surface area contributed by atoms with E-state index in [1.54, 1.807) is 30.3 Å². The highest BCUT2D eigenvalue weighted by molar-refractivity contribution is 7.86. The van der Waals surface area contributed by atoms with Crippen molar-refractivity contribution < 1.29 is 42.0 Å². The Morgan fingerprint density at radius 1 is 1.13 bits per heavy atom. The molecule has 0 radical (unpaired) electrons. The number of aliphatic hydroxyl groups excluding tert-OH is 1. The van der Waals surface area contributed by atoms with Crippen LogP contribution in [0.4, 0.5) is 0 Å². The molecular formula is C18H22N2O9S. The van der Waals surface area contributed by atoms with Crippen LogP contribution in [0, 0.1) is 0 Å². The van der Waals surface area contributed by atoms with Crippen LogP contribution >= 0.6 is 0 Å². The summed E-state index contributed by atoms with van der Waals surface area (Å²) < 4.78 is 38.2. The Balaban J connectivity index is 1.95. The van der Waals surface area contributed by atoms with Crippen LogP contribution in [-0.4, -0.2) is 65.4 Å². The number of aliphatic hydroxyl groups is 1. The highest BCUT2D eigenvalue weighted by Crippen LogP contribution is 2.14. The van der Waals surface area contributed by atoms with E-state index in [1.807, 2.05) is 0 Å². The van der Waals surface area contributed by atoms with E-state index in [9.17, 15) is 27.4 Å². The predicted octanol–water partition coefficient (Wildman–Crippen LogP) is -0.217. The van der Waals surface area contributed by atoms with E-state index in [4.69, 9.17) is 14.7 Å². The molecule has 0 saturated carbocycles. The van der Waals surface area contributed by atoms with Crippen molar-refractivity contribution in [1.29, 1.82) is 0 Å². The second-order valence-corrected chi connectivity index (χ2v) is 8.04. The fourth-order valence-corrected chi connectivity index (χ4v) is 3.20. The van der Waals surface area contributed by atoms with Gasteiger partial charge in [-0.2, -0.15) is 8.42 Å². The monoisotopic (exact) mass is 442 g/mol. The van der Waals surface area contributed by atoms with Crippen molar-refractivity contribution in [2.24, 2.45) is 0 Å². The minimum atomic E-state index is -4.76. The van der Waals surface area contributed by atoms with Crippen LogP contribution in [0.3, 0.4) is 0 Å². The number of ether oxygens (including phenoxy) is 1. The number of para-hydroxylation sites is 1. The molecular weight excluding hydrogens is 420 g/mol. The Hall–Kier alpha value is -2.80. The molecule has 0 saturated heterocycles. The molecule has 0 aliphatic carbocycles. The second-order valence-electron chi connectivity index (χ2n) is 6.34. The molecule has 0 aromatic heterocycles. The summed E-state index contributed by atoms with van der Waals surface area (Å²) in [5.74, 6) is -2.09. The van der Waals surface area contributed by atoms with Crippen molar-refractivity contribution >= 4 is 27.9 Å². The molecule has 12 heteroatoms. The molecule has 3 N–H and O–H groups in total. The van der Waals surface area contributed by atoms with E-state index in [0.717, 1.165) is 12.2 Å². The summed E-state index contributed by atoms with van der Waals surface area (Å²) in [7, 11) is -4.76. The Morgan fingerprint density at radius 3 is 2.33 bits per heavy atom. The zero-order valence-corrected chi connectivity index (χ0v) is 16.7. The van der Waals surface area contributed by atoms with Gasteiger partial charge in [-0.15, -0.1) is 5.48 Å². The lowest BCUT2D eigenvalue weighted by Gasteiger charge is -2.21. The quantitative estimate of drug-likeness (QED) is 0.171. The van der Waals surface area contributed by atoms with Crippen LogP contribution in [0.1, 0.15) is 19.3 Å². The van der Waals surface area contributed by atoms with E-state index in [-0.39, 0.29) is 13.0 Å². The summed E-state index contributed by atoms with van der Waals surface area (Å²) in [6.07, 6.45) is 0.857. The molecule has 0 spiro atoms. The fourth-order valence-electron chi connectivity index (χ4n) is 2.52. The van der Waals surface area contributed by atoms with Gasteiger partial charge in [0.1, 0.15) is 11.0 Å². The van der Waals surface area contributed by atoms with Gasteiger partial charge in [0.2, 0.25) is 0 Å². The van der Waals surface area contributed by atoms with Gasteiger partial charge in [-0.25, -0.2) is 0 Å². The van der Waals surface area contributed by atoms with Crippen molar-refractivity contribution in [2.75, 3.05) is 13.2 Å². The molecule has 1 heterocycles. The lowest BCUT2D eigenvalue weighted by atomic mass is 10.3. The summed E-state index contributed by atoms with van der Waals surface area (Å²) in [5.41, 5.74) is 2.35. The SMILES string of the molecule is O=C(CC(CN1C(=O)C=CC1=O)S(=O)(=O)O)ONC(CCCO)Oc1ccccc1. The number of carbonyl (C=O) groups excluding carboxylic acids is 3. The van der Waals surface area contributed by atoms with Crippen molar-refractivity contribution in [3.8, 4) is 5.75 Å². The summed E-state index contributed by atoms with van der Waals surface area (Å²) >= 11 is 0. The number of benzene rings is 1. The topological polar surface area (TPSA) is 160 Å². The van der Waals surface area contributed by atoms with E-state index in [0.29, 0.717) is 17.1 Å². The van der Waals surface area contributed by atoms with Gasteiger partial charge in [-0.3, -0.25) is 23.8 Å². The summed E-state index contributed by atoms with van der Waals surface area (Å²) in [5, 5.41) is 7.24. The zero-order chi connectivity index (χ0) is 22.1. The van der Waals surface area contributed by atoms with Crippen LogP contribution in [0.15, 0.2) is 42.5 Å². The predicted molar refractivity (Wildman–Crippen MR) is 102 cm³/mol. The van der Waals surface area contributed by atoms with Gasteiger partial charge >= 0.3 is 5.97 Å². The normalized spacial score (nSPS) is 15.9. The number of hydrogen-bond acceptors (Lipinski definition) is 9. The van der Waals surface area contributed by atoms with Crippen molar-refractivity contribution in [3.05, 3.63) is 42.5 Å². The molecule has 30 heavy (non-hydrogen) atoms. The second kappa shape index (κ2) is 10.8. The first-order valence-corrected chi connectivity index (χ1v) is 10.5. The largest absolute Gasteiger partial charge is 0.472 e. The summed E-state index contributed by atoms with van der Waals surface area (Å²) in [6.45, 7) is -0.825. The zero-order valence-electron chi connectivity index (χ0n) is 15.8. The van der Waals surface area contributed by atoms with Gasteiger partial charge in [-0.05, 0) is 18.6 Å². The minimum absolute atomic E-state index is 0.124. The maximum atomic E-state index is 12.1. The standard InChI is InChI=1S/C18H22N2O9S/c21-10-4-7-15(28-13-5-2-1-3-6-13)19-29-18(24)11-14(30(25,26)27)12-20-16(22)8-9-17(20)23/h1-3,5-6,8-9,14-15,19,21H,4,7,10-12H2,(H,25,26,27). The van der Waals surface area contributed by atoms with Crippen LogP contribution < -0.4 is 10.2 Å². The van der Waals surface area contributed by atoms with Gasteiger partial charge in [-0.1, -0.05) is 18.2 Å². The number of imide groups is 1. The fraction of sp³-hybridized carbons (Fsp3) is 0.389. The summed E-state index contributed by atoms with van der Waals surface area (Å²) in [4.78, 5) is 40.7. The molecule has 2 unspecified atom stereocenters. The number of nitrogens with one attached hydrogen (secondary N) is 1.